The second-order valence-corrected chi connectivity index (χ2v) is 5.46. The van der Waals surface area contributed by atoms with Gasteiger partial charge >= 0.3 is 0 Å². The Morgan fingerprint density at radius 2 is 1.90 bits per heavy atom. The minimum absolute atomic E-state index is 0.0145. The monoisotopic (exact) mass is 303 g/mol. The van der Waals surface area contributed by atoms with Crippen molar-refractivity contribution in [1.82, 2.24) is 5.32 Å². The molecule has 0 aromatic rings. The maximum absolute atomic E-state index is 11.8. The minimum atomic E-state index is -1.36. The first-order valence-electron chi connectivity index (χ1n) is 7.31. The number of ketones is 1. The van der Waals surface area contributed by atoms with Gasteiger partial charge in [-0.1, -0.05) is 6.92 Å². The second-order valence-electron chi connectivity index (χ2n) is 5.46. The Balaban J connectivity index is 2.56. The van der Waals surface area contributed by atoms with Crippen molar-refractivity contribution in [1.29, 1.82) is 0 Å². The number of amides is 1. The van der Waals surface area contributed by atoms with Crippen LogP contribution in [0, 0.1) is 5.92 Å². The van der Waals surface area contributed by atoms with Crippen LogP contribution in [0.4, 0.5) is 0 Å². The van der Waals surface area contributed by atoms with E-state index in [1.54, 1.807) is 0 Å². The normalized spacial score (nSPS) is 32.7. The van der Waals surface area contributed by atoms with Crippen molar-refractivity contribution in [3.05, 3.63) is 0 Å². The van der Waals surface area contributed by atoms with E-state index in [2.05, 4.69) is 5.32 Å². The fourth-order valence-electron chi connectivity index (χ4n) is 2.61. The topological polar surface area (TPSA) is 116 Å². The molecule has 7 heteroatoms. The summed E-state index contributed by atoms with van der Waals surface area (Å²) in [7, 11) is 0. The Morgan fingerprint density at radius 1 is 1.24 bits per heavy atom. The van der Waals surface area contributed by atoms with E-state index < -0.39 is 24.5 Å². The van der Waals surface area contributed by atoms with Gasteiger partial charge in [0.2, 0.25) is 5.91 Å². The van der Waals surface area contributed by atoms with Crippen molar-refractivity contribution < 1.29 is 29.6 Å². The highest BCUT2D eigenvalue weighted by Crippen LogP contribution is 2.27. The smallest absolute Gasteiger partial charge is 0.220 e. The Morgan fingerprint density at radius 3 is 2.43 bits per heavy atom. The molecular formula is C14H25NO6. The molecule has 1 aliphatic heterocycles. The van der Waals surface area contributed by atoms with Gasteiger partial charge in [0.1, 0.15) is 11.8 Å². The van der Waals surface area contributed by atoms with Gasteiger partial charge < -0.3 is 30.2 Å². The van der Waals surface area contributed by atoms with Crippen LogP contribution >= 0.6 is 0 Å². The van der Waals surface area contributed by atoms with Crippen molar-refractivity contribution in [2.45, 2.75) is 64.1 Å². The average Bonchev–Trinajstić information content (AvgIpc) is 2.42. The SMILES string of the molecule is CCC1C(CO)OC(O)C(NC(=O)CCCC(C)=O)C1O. The van der Waals surface area contributed by atoms with E-state index in [9.17, 15) is 24.9 Å². The number of carbonyl (C=O) groups is 2. The summed E-state index contributed by atoms with van der Waals surface area (Å²) in [5.74, 6) is -0.693. The molecule has 0 bridgehead atoms. The summed E-state index contributed by atoms with van der Waals surface area (Å²) in [5, 5.41) is 31.8. The predicted octanol–water partition coefficient (Wildman–Crippen LogP) is -0.673. The molecule has 0 spiro atoms. The average molecular weight is 303 g/mol. The number of nitrogens with one attached hydrogen (secondary N) is 1. The highest BCUT2D eigenvalue weighted by Gasteiger charge is 2.43. The van der Waals surface area contributed by atoms with Crippen LogP contribution < -0.4 is 5.32 Å². The van der Waals surface area contributed by atoms with Gasteiger partial charge in [-0.15, -0.1) is 0 Å². The van der Waals surface area contributed by atoms with Crippen LogP contribution in [-0.2, 0) is 14.3 Å². The van der Waals surface area contributed by atoms with Gasteiger partial charge in [0.15, 0.2) is 6.29 Å². The molecule has 5 unspecified atom stereocenters. The molecule has 7 nitrogen and oxygen atoms in total. The molecule has 1 aliphatic rings. The third kappa shape index (κ3) is 5.03. The van der Waals surface area contributed by atoms with Crippen molar-refractivity contribution in [2.75, 3.05) is 6.61 Å². The molecule has 122 valence electrons. The van der Waals surface area contributed by atoms with E-state index in [1.807, 2.05) is 6.92 Å². The fourth-order valence-corrected chi connectivity index (χ4v) is 2.61. The van der Waals surface area contributed by atoms with Crippen LogP contribution in [0.3, 0.4) is 0 Å². The lowest BCUT2D eigenvalue weighted by molar-refractivity contribution is -0.238. The molecule has 1 heterocycles. The number of Topliss-reactive ketones (excluding diaryl/α,β-unsaturated/α-hetero) is 1. The molecule has 1 saturated heterocycles. The Bertz CT molecular complexity index is 361. The zero-order valence-electron chi connectivity index (χ0n) is 12.5. The van der Waals surface area contributed by atoms with Crippen molar-refractivity contribution in [3.8, 4) is 0 Å². The van der Waals surface area contributed by atoms with Gasteiger partial charge in [-0.3, -0.25) is 4.79 Å². The van der Waals surface area contributed by atoms with E-state index in [-0.39, 0.29) is 30.6 Å². The summed E-state index contributed by atoms with van der Waals surface area (Å²) in [6.07, 6.45) is -1.55. The number of rotatable bonds is 7. The quantitative estimate of drug-likeness (QED) is 0.495. The standard InChI is InChI=1S/C14H25NO6/c1-3-9-10(7-16)21-14(20)12(13(9)19)15-11(18)6-4-5-8(2)17/h9-10,12-14,16,19-20H,3-7H2,1-2H3,(H,15,18). The van der Waals surface area contributed by atoms with Gasteiger partial charge in [0.25, 0.3) is 0 Å². The van der Waals surface area contributed by atoms with Crippen LogP contribution in [0.25, 0.3) is 0 Å². The van der Waals surface area contributed by atoms with Gasteiger partial charge in [0.05, 0.1) is 18.8 Å². The summed E-state index contributed by atoms with van der Waals surface area (Å²) in [6.45, 7) is 3.00. The largest absolute Gasteiger partial charge is 0.394 e. The second kappa shape index (κ2) is 8.43. The zero-order chi connectivity index (χ0) is 16.0. The zero-order valence-corrected chi connectivity index (χ0v) is 12.5. The molecule has 0 saturated carbocycles. The first kappa shape index (κ1) is 18.0. The van der Waals surface area contributed by atoms with Crippen LogP contribution in [0.1, 0.15) is 39.5 Å². The molecule has 0 radical (unpaired) electrons. The lowest BCUT2D eigenvalue weighted by atomic mass is 9.86. The molecule has 5 atom stereocenters. The van der Waals surface area contributed by atoms with Crippen molar-refractivity contribution in [2.24, 2.45) is 5.92 Å². The van der Waals surface area contributed by atoms with Crippen LogP contribution in [-0.4, -0.2) is 58.2 Å². The third-order valence-electron chi connectivity index (χ3n) is 3.82. The molecule has 1 fully saturated rings. The van der Waals surface area contributed by atoms with Crippen LogP contribution in [0.5, 0.6) is 0 Å². The summed E-state index contributed by atoms with van der Waals surface area (Å²) in [5.41, 5.74) is 0. The summed E-state index contributed by atoms with van der Waals surface area (Å²) < 4.78 is 5.24. The molecule has 1 rings (SSSR count). The Labute approximate surface area is 124 Å². The molecule has 4 N–H and O–H groups in total. The van der Waals surface area contributed by atoms with E-state index >= 15 is 0 Å². The number of aliphatic hydroxyl groups is 3. The highest BCUT2D eigenvalue weighted by molar-refractivity contribution is 5.78. The molecule has 0 aromatic carbocycles. The number of carbonyl (C=O) groups excluding carboxylic acids is 2. The maximum atomic E-state index is 11.8. The van der Waals surface area contributed by atoms with E-state index in [0.29, 0.717) is 19.3 Å². The van der Waals surface area contributed by atoms with Gasteiger partial charge in [-0.05, 0) is 19.8 Å². The summed E-state index contributed by atoms with van der Waals surface area (Å²) in [6, 6.07) is -0.928. The lowest BCUT2D eigenvalue weighted by Gasteiger charge is -2.42. The third-order valence-corrected chi connectivity index (χ3v) is 3.82. The minimum Gasteiger partial charge on any atom is -0.394 e. The first-order chi connectivity index (χ1) is 9.90. The molecule has 21 heavy (non-hydrogen) atoms. The van der Waals surface area contributed by atoms with Crippen molar-refractivity contribution >= 4 is 11.7 Å². The molecule has 1 amide bonds. The van der Waals surface area contributed by atoms with Gasteiger partial charge in [-0.2, -0.15) is 0 Å². The molecular weight excluding hydrogens is 278 g/mol. The first-order valence-corrected chi connectivity index (χ1v) is 7.31. The van der Waals surface area contributed by atoms with Crippen molar-refractivity contribution in [3.63, 3.8) is 0 Å². The number of aliphatic hydroxyl groups excluding tert-OH is 3. The van der Waals surface area contributed by atoms with E-state index in [1.165, 1.54) is 6.92 Å². The lowest BCUT2D eigenvalue weighted by Crippen LogP contribution is -2.61. The van der Waals surface area contributed by atoms with Gasteiger partial charge in [-0.25, -0.2) is 0 Å². The van der Waals surface area contributed by atoms with Gasteiger partial charge in [0, 0.05) is 18.8 Å². The predicted molar refractivity (Wildman–Crippen MR) is 74.2 cm³/mol. The van der Waals surface area contributed by atoms with E-state index in [0.717, 1.165) is 0 Å². The Kier molecular flexibility index (Phi) is 7.24. The summed E-state index contributed by atoms with van der Waals surface area (Å²) in [4.78, 5) is 22.6. The Hall–Kier alpha value is -1.02. The number of hydrogen-bond acceptors (Lipinski definition) is 6. The maximum Gasteiger partial charge on any atom is 0.220 e. The fraction of sp³-hybridized carbons (Fsp3) is 0.857. The summed E-state index contributed by atoms with van der Waals surface area (Å²) >= 11 is 0. The van der Waals surface area contributed by atoms with E-state index in [4.69, 9.17) is 4.74 Å². The van der Waals surface area contributed by atoms with Crippen LogP contribution in [0.15, 0.2) is 0 Å². The number of ether oxygens (including phenoxy) is 1. The number of hydrogen-bond donors (Lipinski definition) is 4. The van der Waals surface area contributed by atoms with Crippen LogP contribution in [0.2, 0.25) is 0 Å². The molecule has 0 aliphatic carbocycles. The molecule has 0 aromatic heterocycles. The highest BCUT2D eigenvalue weighted by atomic mass is 16.6.